The number of anilines is 1. The number of non-ortho nitro benzene ring substituents is 1. The predicted octanol–water partition coefficient (Wildman–Crippen LogP) is 5.25. The molecule has 3 heterocycles. The molecule has 2 N–H and O–H groups in total. The quantitative estimate of drug-likeness (QED) is 0.445. The van der Waals surface area contributed by atoms with Crippen molar-refractivity contribution in [2.75, 3.05) is 5.32 Å². The number of carbonyl (C=O) groups is 1. The van der Waals surface area contributed by atoms with Crippen LogP contribution in [-0.2, 0) is 4.79 Å². The second-order valence-corrected chi connectivity index (χ2v) is 9.55. The molecule has 3 aromatic rings. The van der Waals surface area contributed by atoms with Gasteiger partial charge >= 0.3 is 0 Å². The van der Waals surface area contributed by atoms with Gasteiger partial charge in [-0.05, 0) is 23.3 Å². The summed E-state index contributed by atoms with van der Waals surface area (Å²) in [6.45, 7) is 4.20. The third-order valence-electron chi connectivity index (χ3n) is 5.74. The van der Waals surface area contributed by atoms with Crippen molar-refractivity contribution in [3.05, 3.63) is 73.6 Å². The van der Waals surface area contributed by atoms with E-state index in [1.165, 1.54) is 12.1 Å². The van der Waals surface area contributed by atoms with Crippen molar-refractivity contribution in [3.8, 4) is 11.3 Å². The van der Waals surface area contributed by atoms with E-state index in [1.54, 1.807) is 17.4 Å². The fourth-order valence-electron chi connectivity index (χ4n) is 4.53. The van der Waals surface area contributed by atoms with Gasteiger partial charge < -0.3 is 5.32 Å². The largest absolute Gasteiger partial charge is 0.342 e. The monoisotopic (exact) mass is 420 g/mol. The summed E-state index contributed by atoms with van der Waals surface area (Å²) >= 11 is 1.60. The molecular weight excluding hydrogens is 400 g/mol. The average molecular weight is 420 g/mol. The molecule has 1 aliphatic heterocycles. The smallest absolute Gasteiger partial charge is 0.270 e. The molecule has 8 heteroatoms. The molecule has 2 aliphatic rings. The van der Waals surface area contributed by atoms with E-state index in [9.17, 15) is 14.9 Å². The Kier molecular flexibility index (Phi) is 4.14. The number of aromatic nitrogens is 2. The summed E-state index contributed by atoms with van der Waals surface area (Å²) in [4.78, 5) is 25.2. The first kappa shape index (κ1) is 18.7. The lowest BCUT2D eigenvalue weighted by Gasteiger charge is -2.37. The maximum absolute atomic E-state index is 13.3. The van der Waals surface area contributed by atoms with Crippen LogP contribution in [0.5, 0.6) is 0 Å². The Morgan fingerprint density at radius 2 is 2.07 bits per heavy atom. The summed E-state index contributed by atoms with van der Waals surface area (Å²) in [7, 11) is 0. The molecule has 5 rings (SSSR count). The van der Waals surface area contributed by atoms with Crippen molar-refractivity contribution in [2.24, 2.45) is 5.41 Å². The number of rotatable bonds is 3. The number of ketones is 1. The molecule has 1 atom stereocenters. The van der Waals surface area contributed by atoms with Gasteiger partial charge in [-0.25, -0.2) is 0 Å². The number of nitrogens with zero attached hydrogens (tertiary/aromatic N) is 2. The number of carbonyl (C=O) groups excluding carboxylic acids is 1. The van der Waals surface area contributed by atoms with E-state index in [4.69, 9.17) is 0 Å². The number of thiophene rings is 1. The number of hydrogen-bond donors (Lipinski definition) is 2. The van der Waals surface area contributed by atoms with Crippen LogP contribution in [0.15, 0.2) is 53.0 Å². The van der Waals surface area contributed by atoms with Gasteiger partial charge in [-0.15, -0.1) is 11.3 Å². The van der Waals surface area contributed by atoms with Gasteiger partial charge in [-0.2, -0.15) is 5.10 Å². The van der Waals surface area contributed by atoms with Crippen LogP contribution in [0.25, 0.3) is 11.3 Å². The highest BCUT2D eigenvalue weighted by Gasteiger charge is 2.43. The molecule has 0 saturated carbocycles. The molecule has 7 nitrogen and oxygen atoms in total. The van der Waals surface area contributed by atoms with E-state index >= 15 is 0 Å². The minimum absolute atomic E-state index is 0.0164. The van der Waals surface area contributed by atoms with E-state index in [0.717, 1.165) is 28.1 Å². The zero-order valence-corrected chi connectivity index (χ0v) is 17.4. The number of Topliss-reactive ketones (excluding diaryl/α,β-unsaturated/α-hetero) is 1. The Bertz CT molecular complexity index is 1210. The average Bonchev–Trinajstić information content (AvgIpc) is 3.35. The fourth-order valence-corrected chi connectivity index (χ4v) is 5.37. The molecule has 0 radical (unpaired) electrons. The van der Waals surface area contributed by atoms with Gasteiger partial charge in [-0.3, -0.25) is 20.0 Å². The van der Waals surface area contributed by atoms with Crippen molar-refractivity contribution in [1.29, 1.82) is 0 Å². The number of fused-ring (bicyclic) bond motifs is 1. The summed E-state index contributed by atoms with van der Waals surface area (Å²) in [5, 5.41) is 24.2. The summed E-state index contributed by atoms with van der Waals surface area (Å²) in [6.07, 6.45) is 1.27. The number of hydrogen-bond acceptors (Lipinski definition) is 6. The molecule has 0 fully saturated rings. The van der Waals surface area contributed by atoms with Crippen molar-refractivity contribution in [1.82, 2.24) is 10.2 Å². The number of nitro benzene ring substituents is 1. The first-order valence-electron chi connectivity index (χ1n) is 9.74. The highest BCUT2D eigenvalue weighted by molar-refractivity contribution is 7.10. The highest BCUT2D eigenvalue weighted by atomic mass is 32.1. The number of allylic oxidation sites excluding steroid dienone is 2. The van der Waals surface area contributed by atoms with Crippen molar-refractivity contribution in [2.45, 2.75) is 32.6 Å². The molecule has 2 aromatic heterocycles. The van der Waals surface area contributed by atoms with Crippen LogP contribution in [0.4, 0.5) is 11.5 Å². The van der Waals surface area contributed by atoms with Gasteiger partial charge in [0, 0.05) is 45.8 Å². The third-order valence-corrected chi connectivity index (χ3v) is 6.68. The zero-order valence-electron chi connectivity index (χ0n) is 16.6. The normalized spacial score (nSPS) is 19.8. The number of H-pyrrole nitrogens is 1. The Labute approximate surface area is 177 Å². The maximum atomic E-state index is 13.3. The minimum Gasteiger partial charge on any atom is -0.342 e. The number of nitrogens with one attached hydrogen (secondary N) is 2. The summed E-state index contributed by atoms with van der Waals surface area (Å²) in [5.74, 6) is 0.580. The summed E-state index contributed by atoms with van der Waals surface area (Å²) in [6, 6.07) is 10.5. The Hall–Kier alpha value is -3.26. The number of benzene rings is 1. The Balaban J connectivity index is 1.71. The van der Waals surface area contributed by atoms with Crippen molar-refractivity contribution >= 4 is 28.6 Å². The van der Waals surface area contributed by atoms with Gasteiger partial charge in [0.2, 0.25) is 0 Å². The predicted molar refractivity (Wildman–Crippen MR) is 116 cm³/mol. The van der Waals surface area contributed by atoms with Crippen molar-refractivity contribution < 1.29 is 9.72 Å². The van der Waals surface area contributed by atoms with E-state index in [-0.39, 0.29) is 22.8 Å². The second kappa shape index (κ2) is 6.63. The Morgan fingerprint density at radius 1 is 1.23 bits per heavy atom. The molecule has 0 saturated heterocycles. The van der Waals surface area contributed by atoms with Crippen LogP contribution in [0, 0.1) is 15.5 Å². The van der Waals surface area contributed by atoms with Gasteiger partial charge in [0.15, 0.2) is 11.6 Å². The molecule has 152 valence electrons. The molecule has 0 spiro atoms. The van der Waals surface area contributed by atoms with E-state index in [0.29, 0.717) is 23.5 Å². The van der Waals surface area contributed by atoms with Gasteiger partial charge in [0.25, 0.3) is 5.69 Å². The van der Waals surface area contributed by atoms with E-state index in [1.807, 2.05) is 23.6 Å². The molecule has 0 amide bonds. The second-order valence-electron chi connectivity index (χ2n) is 8.57. The van der Waals surface area contributed by atoms with Crippen LogP contribution in [0.1, 0.15) is 43.0 Å². The first-order chi connectivity index (χ1) is 14.3. The van der Waals surface area contributed by atoms with Crippen LogP contribution in [0.2, 0.25) is 0 Å². The molecule has 30 heavy (non-hydrogen) atoms. The minimum atomic E-state index is -0.408. The lowest BCUT2D eigenvalue weighted by atomic mass is 9.70. The topological polar surface area (TPSA) is 101 Å². The third kappa shape index (κ3) is 2.95. The molecule has 1 unspecified atom stereocenters. The SMILES string of the molecule is CC1(C)CC(=O)C2=C(C1)Nc1n[nH]c(-c3cccc([N+](=O)[O-])c3)c1C2c1cccs1. The van der Waals surface area contributed by atoms with E-state index < -0.39 is 4.92 Å². The van der Waals surface area contributed by atoms with Crippen LogP contribution < -0.4 is 5.32 Å². The highest BCUT2D eigenvalue weighted by Crippen LogP contribution is 2.51. The molecule has 0 bridgehead atoms. The van der Waals surface area contributed by atoms with Gasteiger partial charge in [0.05, 0.1) is 16.5 Å². The standard InChI is InChI=1S/C22H20N4O3S/c1-22(2)10-14-17(15(27)11-22)18(16-7-4-8-30-16)19-20(24-25-21(19)23-14)12-5-3-6-13(9-12)26(28)29/h3-9,18H,10-11H2,1-2H3,(H2,23,24,25). The van der Waals surface area contributed by atoms with Gasteiger partial charge in [-0.1, -0.05) is 32.0 Å². The van der Waals surface area contributed by atoms with Crippen LogP contribution >= 0.6 is 11.3 Å². The molecular formula is C22H20N4O3S. The fraction of sp³-hybridized carbons (Fsp3) is 0.273. The van der Waals surface area contributed by atoms with Crippen LogP contribution in [-0.4, -0.2) is 20.9 Å². The maximum Gasteiger partial charge on any atom is 0.270 e. The lowest BCUT2D eigenvalue weighted by Crippen LogP contribution is -2.33. The number of nitro groups is 1. The zero-order chi connectivity index (χ0) is 21.0. The number of aromatic amines is 1. The van der Waals surface area contributed by atoms with Crippen LogP contribution in [0.3, 0.4) is 0 Å². The van der Waals surface area contributed by atoms with Gasteiger partial charge in [0.1, 0.15) is 0 Å². The van der Waals surface area contributed by atoms with E-state index in [2.05, 4.69) is 29.4 Å². The first-order valence-corrected chi connectivity index (χ1v) is 10.6. The molecule has 1 aromatic carbocycles. The molecule has 1 aliphatic carbocycles. The Morgan fingerprint density at radius 3 is 2.80 bits per heavy atom. The summed E-state index contributed by atoms with van der Waals surface area (Å²) in [5.41, 5.74) is 3.86. The lowest BCUT2D eigenvalue weighted by molar-refractivity contribution is -0.384. The van der Waals surface area contributed by atoms with Crippen molar-refractivity contribution in [3.63, 3.8) is 0 Å². The summed E-state index contributed by atoms with van der Waals surface area (Å²) < 4.78 is 0.